The normalized spacial score (nSPS) is 20.5. The smallest absolute Gasteiger partial charge is 0.0312 e. The van der Waals surface area contributed by atoms with Gasteiger partial charge in [0.05, 0.1) is 0 Å². The molecule has 1 aliphatic heterocycles. The largest absolute Gasteiger partial charge is 0.296 e. The molecule has 0 amide bonds. The van der Waals surface area contributed by atoms with Gasteiger partial charge in [0.1, 0.15) is 0 Å². The van der Waals surface area contributed by atoms with Gasteiger partial charge in [-0.05, 0) is 30.2 Å². The molecule has 0 spiro atoms. The van der Waals surface area contributed by atoms with Crippen LogP contribution in [0.4, 0.5) is 0 Å². The van der Waals surface area contributed by atoms with E-state index in [4.69, 9.17) is 0 Å². The molecular weight excluding hydrogens is 260 g/mol. The van der Waals surface area contributed by atoms with Crippen molar-refractivity contribution in [1.82, 2.24) is 19.8 Å². The minimum absolute atomic E-state index is 0.565. The predicted octanol–water partition coefficient (Wildman–Crippen LogP) is 2.18. The molecule has 2 aromatic rings. The summed E-state index contributed by atoms with van der Waals surface area (Å²) in [5, 5.41) is 0. The summed E-state index contributed by atoms with van der Waals surface area (Å²) < 4.78 is 0. The topological polar surface area (TPSA) is 32.3 Å². The maximum atomic E-state index is 4.20. The van der Waals surface area contributed by atoms with E-state index >= 15 is 0 Å². The number of piperazine rings is 1. The highest BCUT2D eigenvalue weighted by atomic mass is 15.3. The molecule has 2 aromatic heterocycles. The molecule has 1 aliphatic rings. The first-order valence-electron chi connectivity index (χ1n) is 7.55. The highest BCUT2D eigenvalue weighted by Gasteiger charge is 2.23. The molecule has 21 heavy (non-hydrogen) atoms. The van der Waals surface area contributed by atoms with Crippen molar-refractivity contribution in [3.63, 3.8) is 0 Å². The third kappa shape index (κ3) is 3.86. The zero-order valence-corrected chi connectivity index (χ0v) is 12.5. The quantitative estimate of drug-likeness (QED) is 0.860. The first-order chi connectivity index (χ1) is 10.3. The number of rotatable bonds is 4. The number of hydrogen-bond donors (Lipinski definition) is 0. The highest BCUT2D eigenvalue weighted by molar-refractivity contribution is 5.10. The molecule has 0 aliphatic carbocycles. The van der Waals surface area contributed by atoms with E-state index in [1.165, 1.54) is 11.1 Å². The van der Waals surface area contributed by atoms with Crippen molar-refractivity contribution >= 4 is 0 Å². The molecule has 0 saturated carbocycles. The van der Waals surface area contributed by atoms with E-state index in [9.17, 15) is 0 Å². The second-order valence-corrected chi connectivity index (χ2v) is 5.78. The van der Waals surface area contributed by atoms with Crippen LogP contribution in [0, 0.1) is 0 Å². The van der Waals surface area contributed by atoms with Crippen molar-refractivity contribution in [3.8, 4) is 0 Å². The van der Waals surface area contributed by atoms with Gasteiger partial charge in [0.15, 0.2) is 0 Å². The summed E-state index contributed by atoms with van der Waals surface area (Å²) in [6, 6.07) is 8.90. The zero-order valence-electron chi connectivity index (χ0n) is 12.5. The molecule has 1 unspecified atom stereocenters. The Hall–Kier alpha value is -1.78. The van der Waals surface area contributed by atoms with Gasteiger partial charge in [-0.3, -0.25) is 19.8 Å². The Labute approximate surface area is 126 Å². The van der Waals surface area contributed by atoms with Gasteiger partial charge in [-0.25, -0.2) is 0 Å². The summed E-state index contributed by atoms with van der Waals surface area (Å²) in [6.07, 6.45) is 7.60. The molecule has 4 heteroatoms. The molecule has 0 aromatic carbocycles. The Morgan fingerprint density at radius 1 is 1.00 bits per heavy atom. The van der Waals surface area contributed by atoms with Gasteiger partial charge in [-0.1, -0.05) is 12.1 Å². The van der Waals surface area contributed by atoms with Crippen LogP contribution in [-0.4, -0.2) is 45.4 Å². The summed E-state index contributed by atoms with van der Waals surface area (Å²) >= 11 is 0. The third-order valence-electron chi connectivity index (χ3n) is 4.09. The van der Waals surface area contributed by atoms with Gasteiger partial charge < -0.3 is 0 Å². The molecule has 110 valence electrons. The number of pyridine rings is 2. The highest BCUT2D eigenvalue weighted by Crippen LogP contribution is 2.15. The van der Waals surface area contributed by atoms with Crippen LogP contribution >= 0.6 is 0 Å². The van der Waals surface area contributed by atoms with Crippen molar-refractivity contribution in [2.75, 3.05) is 19.6 Å². The van der Waals surface area contributed by atoms with Crippen LogP contribution in [0.2, 0.25) is 0 Å². The van der Waals surface area contributed by atoms with Crippen LogP contribution in [0.15, 0.2) is 49.1 Å². The Kier molecular flexibility index (Phi) is 4.58. The second-order valence-electron chi connectivity index (χ2n) is 5.78. The van der Waals surface area contributed by atoms with Gasteiger partial charge in [-0.2, -0.15) is 0 Å². The second kappa shape index (κ2) is 6.78. The van der Waals surface area contributed by atoms with Crippen LogP contribution in [0.5, 0.6) is 0 Å². The van der Waals surface area contributed by atoms with Crippen molar-refractivity contribution in [2.24, 2.45) is 0 Å². The molecule has 0 N–H and O–H groups in total. The molecule has 3 heterocycles. The molecule has 1 saturated heterocycles. The lowest BCUT2D eigenvalue weighted by Gasteiger charge is -2.39. The molecule has 1 atom stereocenters. The number of hydrogen-bond acceptors (Lipinski definition) is 4. The van der Waals surface area contributed by atoms with E-state index in [0.29, 0.717) is 6.04 Å². The lowest BCUT2D eigenvalue weighted by Crippen LogP contribution is -2.50. The maximum absolute atomic E-state index is 4.20. The summed E-state index contributed by atoms with van der Waals surface area (Å²) in [4.78, 5) is 13.5. The first kappa shape index (κ1) is 14.2. The van der Waals surface area contributed by atoms with Gasteiger partial charge >= 0.3 is 0 Å². The van der Waals surface area contributed by atoms with Crippen LogP contribution in [0.25, 0.3) is 0 Å². The lowest BCUT2D eigenvalue weighted by atomic mass is 10.1. The first-order valence-corrected chi connectivity index (χ1v) is 7.55. The number of nitrogens with zero attached hydrogens (tertiary/aromatic N) is 4. The van der Waals surface area contributed by atoms with Crippen molar-refractivity contribution < 1.29 is 0 Å². The Bertz CT molecular complexity index is 543. The van der Waals surface area contributed by atoms with Crippen LogP contribution in [0.1, 0.15) is 18.1 Å². The minimum atomic E-state index is 0.565. The van der Waals surface area contributed by atoms with Gasteiger partial charge in [0.2, 0.25) is 0 Å². The standard InChI is InChI=1S/C17H22N4/c1-15-12-20(13-16-4-2-6-18-10-16)8-9-21(15)14-17-5-3-7-19-11-17/h2-7,10-11,15H,8-9,12-14H2,1H3. The molecule has 3 rings (SSSR count). The molecule has 0 bridgehead atoms. The Morgan fingerprint density at radius 3 is 2.24 bits per heavy atom. The fraction of sp³-hybridized carbons (Fsp3) is 0.412. The van der Waals surface area contributed by atoms with Crippen LogP contribution < -0.4 is 0 Å². The van der Waals surface area contributed by atoms with Gasteiger partial charge in [-0.15, -0.1) is 0 Å². The van der Waals surface area contributed by atoms with Crippen molar-refractivity contribution in [1.29, 1.82) is 0 Å². The van der Waals surface area contributed by atoms with E-state index in [-0.39, 0.29) is 0 Å². The van der Waals surface area contributed by atoms with Crippen LogP contribution in [-0.2, 0) is 13.1 Å². The SMILES string of the molecule is CC1CN(Cc2cccnc2)CCN1Cc1cccnc1. The molecular formula is C17H22N4. The van der Waals surface area contributed by atoms with E-state index in [1.807, 2.05) is 36.9 Å². The molecule has 0 radical (unpaired) electrons. The van der Waals surface area contributed by atoms with E-state index in [2.05, 4.69) is 38.8 Å². The third-order valence-corrected chi connectivity index (χ3v) is 4.09. The average Bonchev–Trinajstić information content (AvgIpc) is 2.52. The van der Waals surface area contributed by atoms with E-state index in [1.54, 1.807) is 0 Å². The van der Waals surface area contributed by atoms with E-state index < -0.39 is 0 Å². The monoisotopic (exact) mass is 282 g/mol. The summed E-state index contributed by atoms with van der Waals surface area (Å²) in [5.41, 5.74) is 2.59. The van der Waals surface area contributed by atoms with E-state index in [0.717, 1.165) is 32.7 Å². The minimum Gasteiger partial charge on any atom is -0.296 e. The average molecular weight is 282 g/mol. The van der Waals surface area contributed by atoms with Crippen LogP contribution in [0.3, 0.4) is 0 Å². The lowest BCUT2D eigenvalue weighted by molar-refractivity contribution is 0.0731. The predicted molar refractivity (Wildman–Crippen MR) is 83.6 cm³/mol. The molecule has 1 fully saturated rings. The molecule has 4 nitrogen and oxygen atoms in total. The fourth-order valence-corrected chi connectivity index (χ4v) is 2.93. The summed E-state index contributed by atoms with van der Waals surface area (Å²) in [6.45, 7) is 7.63. The summed E-state index contributed by atoms with van der Waals surface area (Å²) in [7, 11) is 0. The number of aromatic nitrogens is 2. The van der Waals surface area contributed by atoms with Gasteiger partial charge in [0, 0.05) is 63.6 Å². The zero-order chi connectivity index (χ0) is 14.5. The Morgan fingerprint density at radius 2 is 1.67 bits per heavy atom. The Balaban J connectivity index is 1.54. The maximum Gasteiger partial charge on any atom is 0.0312 e. The van der Waals surface area contributed by atoms with Crippen molar-refractivity contribution in [2.45, 2.75) is 26.1 Å². The fourth-order valence-electron chi connectivity index (χ4n) is 2.93. The van der Waals surface area contributed by atoms with Crippen molar-refractivity contribution in [3.05, 3.63) is 60.2 Å². The van der Waals surface area contributed by atoms with Gasteiger partial charge in [0.25, 0.3) is 0 Å². The summed E-state index contributed by atoms with van der Waals surface area (Å²) in [5.74, 6) is 0.